The second kappa shape index (κ2) is 9.15. The number of fused-ring (bicyclic) bond motifs is 2. The molecule has 178 valence electrons. The van der Waals surface area contributed by atoms with E-state index >= 15 is 0 Å². The van der Waals surface area contributed by atoms with Crippen LogP contribution in [0.5, 0.6) is 0 Å². The largest absolute Gasteiger partial charge is 0.348 e. The third-order valence-corrected chi connectivity index (χ3v) is 9.73. The summed E-state index contributed by atoms with van der Waals surface area (Å²) >= 11 is 1.48. The molecule has 8 heteroatoms. The molecule has 1 fully saturated rings. The number of sulfone groups is 1. The average molecular weight is 497 g/mol. The predicted octanol–water partition coefficient (Wildman–Crippen LogP) is 4.12. The fourth-order valence-electron chi connectivity index (χ4n) is 5.04. The van der Waals surface area contributed by atoms with Crippen LogP contribution < -0.4 is 10.6 Å². The number of carbonyl (C=O) groups excluding carboxylic acids is 2. The zero-order valence-electron chi connectivity index (χ0n) is 19.1. The zero-order chi connectivity index (χ0) is 23.9. The highest BCUT2D eigenvalue weighted by atomic mass is 32.2. The summed E-state index contributed by atoms with van der Waals surface area (Å²) < 4.78 is 23.7. The number of anilines is 1. The van der Waals surface area contributed by atoms with Crippen LogP contribution in [0.4, 0.5) is 5.00 Å². The van der Waals surface area contributed by atoms with Gasteiger partial charge >= 0.3 is 0 Å². The Hall–Kier alpha value is -2.71. The second-order valence-corrected chi connectivity index (χ2v) is 12.8. The highest BCUT2D eigenvalue weighted by Gasteiger charge is 2.33. The fraction of sp³-hybridized carbons (Fsp3) is 0.385. The highest BCUT2D eigenvalue weighted by Crippen LogP contribution is 2.40. The van der Waals surface area contributed by atoms with Gasteiger partial charge in [0, 0.05) is 10.9 Å². The van der Waals surface area contributed by atoms with Crippen molar-refractivity contribution in [2.24, 2.45) is 5.92 Å². The Balaban J connectivity index is 1.40. The first-order chi connectivity index (χ1) is 16.3. The third-order valence-electron chi connectivity index (χ3n) is 6.79. The van der Waals surface area contributed by atoms with Gasteiger partial charge in [0.25, 0.3) is 5.91 Å². The monoisotopic (exact) mass is 496 g/mol. The molecule has 1 saturated heterocycles. The third kappa shape index (κ3) is 4.74. The zero-order valence-corrected chi connectivity index (χ0v) is 20.7. The molecule has 2 unspecified atom stereocenters. The van der Waals surface area contributed by atoms with E-state index in [-0.39, 0.29) is 35.8 Å². The molecule has 2 N–H and O–H groups in total. The topological polar surface area (TPSA) is 92.3 Å². The average Bonchev–Trinajstić information content (AvgIpc) is 3.31. The number of thiophene rings is 1. The van der Waals surface area contributed by atoms with Crippen molar-refractivity contribution in [1.29, 1.82) is 0 Å². The predicted molar refractivity (Wildman–Crippen MR) is 136 cm³/mol. The normalized spacial score (nSPS) is 21.2. The van der Waals surface area contributed by atoms with Gasteiger partial charge < -0.3 is 10.6 Å². The lowest BCUT2D eigenvalue weighted by Crippen LogP contribution is -2.36. The summed E-state index contributed by atoms with van der Waals surface area (Å²) in [5.74, 6) is 0.160. The van der Waals surface area contributed by atoms with Gasteiger partial charge in [-0.3, -0.25) is 9.59 Å². The van der Waals surface area contributed by atoms with Crippen molar-refractivity contribution in [3.05, 3.63) is 64.0 Å². The highest BCUT2D eigenvalue weighted by molar-refractivity contribution is 7.91. The SMILES string of the molecule is CC1CCc2c(sc(NC(=O)Cc3cccc4ccccc34)c2C(=O)NC2CCS(=O)(=O)C2)C1. The van der Waals surface area contributed by atoms with Gasteiger partial charge in [-0.05, 0) is 53.5 Å². The Morgan fingerprint density at radius 3 is 2.68 bits per heavy atom. The van der Waals surface area contributed by atoms with E-state index in [1.807, 2.05) is 42.5 Å². The van der Waals surface area contributed by atoms with Crippen molar-refractivity contribution in [2.75, 3.05) is 16.8 Å². The summed E-state index contributed by atoms with van der Waals surface area (Å²) in [5, 5.41) is 8.64. The number of benzene rings is 2. The summed E-state index contributed by atoms with van der Waals surface area (Å²) in [4.78, 5) is 27.5. The quantitative estimate of drug-likeness (QED) is 0.556. The summed E-state index contributed by atoms with van der Waals surface area (Å²) in [7, 11) is -3.10. The van der Waals surface area contributed by atoms with Crippen LogP contribution in [0.1, 0.15) is 46.1 Å². The van der Waals surface area contributed by atoms with Crippen LogP contribution >= 0.6 is 11.3 Å². The molecule has 1 aliphatic carbocycles. The van der Waals surface area contributed by atoms with Gasteiger partial charge in [0.05, 0.1) is 23.5 Å². The van der Waals surface area contributed by atoms with Crippen molar-refractivity contribution in [3.63, 3.8) is 0 Å². The second-order valence-electron chi connectivity index (χ2n) is 9.49. The molecule has 2 heterocycles. The molecule has 1 aromatic heterocycles. The molecular formula is C26H28N2O4S2. The van der Waals surface area contributed by atoms with Gasteiger partial charge in [-0.25, -0.2) is 8.42 Å². The van der Waals surface area contributed by atoms with Crippen LogP contribution in [0.2, 0.25) is 0 Å². The Kier molecular flexibility index (Phi) is 6.20. The minimum Gasteiger partial charge on any atom is -0.348 e. The molecule has 0 radical (unpaired) electrons. The Bertz CT molecular complexity index is 1370. The van der Waals surface area contributed by atoms with Gasteiger partial charge in [0.15, 0.2) is 9.84 Å². The lowest BCUT2D eigenvalue weighted by atomic mass is 9.88. The molecule has 2 aromatic carbocycles. The molecule has 2 aliphatic rings. The molecule has 0 saturated carbocycles. The van der Waals surface area contributed by atoms with E-state index in [2.05, 4.69) is 17.6 Å². The lowest BCUT2D eigenvalue weighted by Gasteiger charge is -2.19. The summed E-state index contributed by atoms with van der Waals surface area (Å²) in [6, 6.07) is 13.5. The molecule has 0 bridgehead atoms. The summed E-state index contributed by atoms with van der Waals surface area (Å²) in [6.45, 7) is 2.20. The van der Waals surface area contributed by atoms with Gasteiger partial charge in [-0.1, -0.05) is 49.4 Å². The Labute approximate surface area is 203 Å². The van der Waals surface area contributed by atoms with Crippen LogP contribution in [0.25, 0.3) is 10.8 Å². The van der Waals surface area contributed by atoms with Crippen molar-refractivity contribution in [1.82, 2.24) is 5.32 Å². The molecule has 34 heavy (non-hydrogen) atoms. The number of rotatable bonds is 5. The maximum atomic E-state index is 13.3. The Morgan fingerprint density at radius 2 is 1.88 bits per heavy atom. The molecule has 2 amide bonds. The number of carbonyl (C=O) groups is 2. The summed E-state index contributed by atoms with van der Waals surface area (Å²) in [6.07, 6.45) is 3.31. The van der Waals surface area contributed by atoms with Crippen molar-refractivity contribution < 1.29 is 18.0 Å². The molecule has 0 spiro atoms. The van der Waals surface area contributed by atoms with Crippen LogP contribution in [0.15, 0.2) is 42.5 Å². The van der Waals surface area contributed by atoms with Crippen molar-refractivity contribution in [3.8, 4) is 0 Å². The molecule has 6 nitrogen and oxygen atoms in total. The maximum Gasteiger partial charge on any atom is 0.254 e. The molecular weight excluding hydrogens is 468 g/mol. The maximum absolute atomic E-state index is 13.3. The van der Waals surface area contributed by atoms with E-state index in [9.17, 15) is 18.0 Å². The first-order valence-corrected chi connectivity index (χ1v) is 14.3. The number of hydrogen-bond acceptors (Lipinski definition) is 5. The minimum absolute atomic E-state index is 0.0229. The molecule has 3 aromatic rings. The molecule has 5 rings (SSSR count). The van der Waals surface area contributed by atoms with E-state index < -0.39 is 9.84 Å². The Morgan fingerprint density at radius 1 is 1.09 bits per heavy atom. The first-order valence-electron chi connectivity index (χ1n) is 11.7. The lowest BCUT2D eigenvalue weighted by molar-refractivity contribution is -0.115. The standard InChI is InChI=1S/C26H28N2O4S2/c1-16-9-10-21-22(13-16)33-26(24(21)25(30)27-19-11-12-34(31,32)15-19)28-23(29)14-18-7-4-6-17-5-2-3-8-20(17)18/h2-8,16,19H,9-15H2,1H3,(H,27,30)(H,28,29). The molecule has 2 atom stereocenters. The first kappa shape index (κ1) is 23.1. The number of nitrogens with one attached hydrogen (secondary N) is 2. The van der Waals surface area contributed by atoms with E-state index in [1.54, 1.807) is 0 Å². The molecule has 1 aliphatic heterocycles. The number of hydrogen-bond donors (Lipinski definition) is 2. The van der Waals surface area contributed by atoms with Gasteiger partial charge in [-0.15, -0.1) is 11.3 Å². The van der Waals surface area contributed by atoms with E-state index in [1.165, 1.54) is 11.3 Å². The van der Waals surface area contributed by atoms with Gasteiger partial charge in [-0.2, -0.15) is 0 Å². The van der Waals surface area contributed by atoms with Crippen molar-refractivity contribution >= 4 is 48.8 Å². The van der Waals surface area contributed by atoms with Crippen LogP contribution in [-0.2, 0) is 33.9 Å². The van der Waals surface area contributed by atoms with E-state index in [0.717, 1.165) is 46.0 Å². The van der Waals surface area contributed by atoms with Crippen molar-refractivity contribution in [2.45, 2.75) is 45.1 Å². The summed E-state index contributed by atoms with van der Waals surface area (Å²) in [5.41, 5.74) is 2.46. The smallest absolute Gasteiger partial charge is 0.254 e. The van der Waals surface area contributed by atoms with Crippen LogP contribution in [0.3, 0.4) is 0 Å². The fourth-order valence-corrected chi connectivity index (χ4v) is 8.13. The van der Waals surface area contributed by atoms with Crippen LogP contribution in [0, 0.1) is 5.92 Å². The van der Waals surface area contributed by atoms with Crippen LogP contribution in [-0.4, -0.2) is 37.8 Å². The van der Waals surface area contributed by atoms with E-state index in [0.29, 0.717) is 22.9 Å². The number of amides is 2. The van der Waals surface area contributed by atoms with E-state index in [4.69, 9.17) is 0 Å². The van der Waals surface area contributed by atoms with Gasteiger partial charge in [0.2, 0.25) is 5.91 Å². The minimum atomic E-state index is -3.10. The van der Waals surface area contributed by atoms with Gasteiger partial charge in [0.1, 0.15) is 5.00 Å².